The van der Waals surface area contributed by atoms with E-state index in [9.17, 15) is 18.0 Å². The Hall–Kier alpha value is -2.24. The van der Waals surface area contributed by atoms with Gasteiger partial charge in [-0.2, -0.15) is 0 Å². The fraction of sp³-hybridized carbons (Fsp3) is 0.267. The summed E-state index contributed by atoms with van der Waals surface area (Å²) in [4.78, 5) is 12.0. The summed E-state index contributed by atoms with van der Waals surface area (Å²) in [6.07, 6.45) is -3.03. The predicted molar refractivity (Wildman–Crippen MR) is 72.4 cm³/mol. The average molecular weight is 297 g/mol. The van der Waals surface area contributed by atoms with Crippen LogP contribution < -0.4 is 10.3 Å². The minimum absolute atomic E-state index is 0.106. The van der Waals surface area contributed by atoms with Crippen molar-refractivity contribution in [2.45, 2.75) is 26.8 Å². The molecule has 0 aliphatic heterocycles. The predicted octanol–water partition coefficient (Wildman–Crippen LogP) is 3.41. The molecule has 112 valence electrons. The molecule has 0 fully saturated rings. The minimum Gasteiger partial charge on any atom is -0.406 e. The Morgan fingerprint density at radius 1 is 1.10 bits per heavy atom. The van der Waals surface area contributed by atoms with Gasteiger partial charge in [0.2, 0.25) is 0 Å². The maximum atomic E-state index is 12.1. The molecule has 1 aromatic carbocycles. The summed E-state index contributed by atoms with van der Waals surface area (Å²) in [5, 5.41) is 0. The Labute approximate surface area is 119 Å². The molecular weight excluding hydrogens is 283 g/mol. The van der Waals surface area contributed by atoms with E-state index in [0.29, 0.717) is 12.1 Å². The van der Waals surface area contributed by atoms with Gasteiger partial charge in [-0.3, -0.25) is 4.79 Å². The zero-order chi connectivity index (χ0) is 15.6. The fourth-order valence-electron chi connectivity index (χ4n) is 1.90. The average Bonchev–Trinajstić information content (AvgIpc) is 2.40. The lowest BCUT2D eigenvalue weighted by molar-refractivity contribution is -0.274. The number of nitrogens with zero attached hydrogens (tertiary/aromatic N) is 1. The van der Waals surface area contributed by atoms with E-state index in [1.807, 2.05) is 13.0 Å². The van der Waals surface area contributed by atoms with Crippen molar-refractivity contribution in [1.82, 2.24) is 4.57 Å². The lowest BCUT2D eigenvalue weighted by atomic mass is 10.1. The zero-order valence-electron chi connectivity index (χ0n) is 11.6. The Morgan fingerprint density at radius 2 is 1.71 bits per heavy atom. The van der Waals surface area contributed by atoms with Crippen molar-refractivity contribution in [3.63, 3.8) is 0 Å². The van der Waals surface area contributed by atoms with Gasteiger partial charge >= 0.3 is 6.36 Å². The second-order valence-electron chi connectivity index (χ2n) is 4.75. The standard InChI is InChI=1S/C15H14F3NO2/c1-10-7-8-19(14(20)11(10)2)9-12-3-5-13(6-4-12)21-15(16,17)18/h3-8H,9H2,1-2H3. The number of hydrogen-bond donors (Lipinski definition) is 0. The van der Waals surface area contributed by atoms with Crippen LogP contribution in [-0.2, 0) is 6.54 Å². The second kappa shape index (κ2) is 5.63. The lowest BCUT2D eigenvalue weighted by Gasteiger charge is -2.11. The number of alkyl halides is 3. The second-order valence-corrected chi connectivity index (χ2v) is 4.75. The molecule has 2 aromatic rings. The van der Waals surface area contributed by atoms with E-state index in [1.54, 1.807) is 13.1 Å². The maximum absolute atomic E-state index is 12.1. The summed E-state index contributed by atoms with van der Waals surface area (Å²) in [7, 11) is 0. The molecule has 0 spiro atoms. The Kier molecular flexibility index (Phi) is 4.06. The quantitative estimate of drug-likeness (QED) is 0.869. The Bertz CT molecular complexity index is 688. The third kappa shape index (κ3) is 3.87. The molecule has 0 saturated heterocycles. The van der Waals surface area contributed by atoms with Crippen LogP contribution in [0.2, 0.25) is 0 Å². The fourth-order valence-corrected chi connectivity index (χ4v) is 1.90. The number of pyridine rings is 1. The molecule has 0 N–H and O–H groups in total. The van der Waals surface area contributed by atoms with E-state index < -0.39 is 6.36 Å². The van der Waals surface area contributed by atoms with Gasteiger partial charge in [-0.25, -0.2) is 0 Å². The van der Waals surface area contributed by atoms with E-state index in [0.717, 1.165) is 11.1 Å². The van der Waals surface area contributed by atoms with Crippen molar-refractivity contribution < 1.29 is 17.9 Å². The highest BCUT2D eigenvalue weighted by Gasteiger charge is 2.30. The summed E-state index contributed by atoms with van der Waals surface area (Å²) in [6.45, 7) is 3.89. The van der Waals surface area contributed by atoms with Crippen LogP contribution in [-0.4, -0.2) is 10.9 Å². The molecule has 0 radical (unpaired) electrons. The van der Waals surface area contributed by atoms with E-state index in [4.69, 9.17) is 0 Å². The smallest absolute Gasteiger partial charge is 0.406 e. The van der Waals surface area contributed by atoms with Gasteiger partial charge in [0.15, 0.2) is 0 Å². The van der Waals surface area contributed by atoms with E-state index in [-0.39, 0.29) is 11.3 Å². The molecule has 0 aliphatic rings. The normalized spacial score (nSPS) is 11.5. The number of aryl methyl sites for hydroxylation is 1. The Morgan fingerprint density at radius 3 is 2.29 bits per heavy atom. The SMILES string of the molecule is Cc1ccn(Cc2ccc(OC(F)(F)F)cc2)c(=O)c1C. The van der Waals surface area contributed by atoms with Crippen LogP contribution >= 0.6 is 0 Å². The topological polar surface area (TPSA) is 31.2 Å². The van der Waals surface area contributed by atoms with Crippen LogP contribution in [0.3, 0.4) is 0 Å². The molecule has 6 heteroatoms. The van der Waals surface area contributed by atoms with Crippen molar-refractivity contribution in [3.8, 4) is 5.75 Å². The van der Waals surface area contributed by atoms with Gasteiger partial charge in [0.05, 0.1) is 6.54 Å². The highest BCUT2D eigenvalue weighted by Crippen LogP contribution is 2.22. The number of aromatic nitrogens is 1. The van der Waals surface area contributed by atoms with Gasteiger partial charge in [0.25, 0.3) is 5.56 Å². The largest absolute Gasteiger partial charge is 0.573 e. The van der Waals surface area contributed by atoms with Crippen LogP contribution in [0.15, 0.2) is 41.3 Å². The van der Waals surface area contributed by atoms with Crippen molar-refractivity contribution in [3.05, 3.63) is 63.6 Å². The van der Waals surface area contributed by atoms with Crippen LogP contribution in [0.25, 0.3) is 0 Å². The highest BCUT2D eigenvalue weighted by molar-refractivity contribution is 5.28. The van der Waals surface area contributed by atoms with Crippen molar-refractivity contribution in [2.75, 3.05) is 0 Å². The van der Waals surface area contributed by atoms with Crippen molar-refractivity contribution in [2.24, 2.45) is 0 Å². The first-order valence-electron chi connectivity index (χ1n) is 6.27. The molecule has 1 heterocycles. The maximum Gasteiger partial charge on any atom is 0.573 e. The van der Waals surface area contributed by atoms with Crippen LogP contribution in [0.1, 0.15) is 16.7 Å². The molecule has 2 rings (SSSR count). The molecular formula is C15H14F3NO2. The molecule has 3 nitrogen and oxygen atoms in total. The van der Waals surface area contributed by atoms with E-state index in [1.165, 1.54) is 28.8 Å². The van der Waals surface area contributed by atoms with Gasteiger partial charge in [-0.05, 0) is 43.2 Å². The van der Waals surface area contributed by atoms with Gasteiger partial charge in [0, 0.05) is 11.8 Å². The number of rotatable bonds is 3. The number of hydrogen-bond acceptors (Lipinski definition) is 2. The summed E-state index contributed by atoms with van der Waals surface area (Å²) < 4.78 is 41.5. The summed E-state index contributed by atoms with van der Waals surface area (Å²) in [6, 6.07) is 7.30. The first-order chi connectivity index (χ1) is 9.76. The number of halogens is 3. The molecule has 0 bridgehead atoms. The summed E-state index contributed by atoms with van der Waals surface area (Å²) >= 11 is 0. The van der Waals surface area contributed by atoms with Crippen LogP contribution in [0.4, 0.5) is 13.2 Å². The molecule has 0 amide bonds. The van der Waals surface area contributed by atoms with Gasteiger partial charge in [0.1, 0.15) is 5.75 Å². The first-order valence-corrected chi connectivity index (χ1v) is 6.27. The van der Waals surface area contributed by atoms with E-state index >= 15 is 0 Å². The highest BCUT2D eigenvalue weighted by atomic mass is 19.4. The van der Waals surface area contributed by atoms with Crippen LogP contribution in [0.5, 0.6) is 5.75 Å². The van der Waals surface area contributed by atoms with Crippen molar-refractivity contribution in [1.29, 1.82) is 0 Å². The molecule has 0 saturated carbocycles. The third-order valence-electron chi connectivity index (χ3n) is 3.19. The van der Waals surface area contributed by atoms with E-state index in [2.05, 4.69) is 4.74 Å². The van der Waals surface area contributed by atoms with Crippen LogP contribution in [0, 0.1) is 13.8 Å². The summed E-state index contributed by atoms with van der Waals surface area (Å²) in [5.41, 5.74) is 2.18. The van der Waals surface area contributed by atoms with Gasteiger partial charge < -0.3 is 9.30 Å². The van der Waals surface area contributed by atoms with Crippen molar-refractivity contribution >= 4 is 0 Å². The Balaban J connectivity index is 2.18. The molecule has 0 aliphatic carbocycles. The minimum atomic E-state index is -4.70. The molecule has 1 aromatic heterocycles. The molecule has 0 unspecified atom stereocenters. The van der Waals surface area contributed by atoms with Gasteiger partial charge in [-0.1, -0.05) is 12.1 Å². The monoisotopic (exact) mass is 297 g/mol. The van der Waals surface area contributed by atoms with Gasteiger partial charge in [-0.15, -0.1) is 13.2 Å². The molecule has 0 atom stereocenters. The molecule has 21 heavy (non-hydrogen) atoms. The number of benzene rings is 1. The lowest BCUT2D eigenvalue weighted by Crippen LogP contribution is -2.23. The zero-order valence-corrected chi connectivity index (χ0v) is 11.6. The third-order valence-corrected chi connectivity index (χ3v) is 3.19. The first kappa shape index (κ1) is 15.2. The summed E-state index contributed by atoms with van der Waals surface area (Å²) in [5.74, 6) is -0.279. The number of ether oxygens (including phenoxy) is 1.